The van der Waals surface area contributed by atoms with Crippen LogP contribution in [0.15, 0.2) is 47.4 Å². The quantitative estimate of drug-likeness (QED) is 0.910. The largest absolute Gasteiger partial charge is 0.391 e. The van der Waals surface area contributed by atoms with E-state index in [-0.39, 0.29) is 5.69 Å². The Morgan fingerprint density at radius 1 is 1.05 bits per heavy atom. The maximum absolute atomic E-state index is 13.9. The van der Waals surface area contributed by atoms with Gasteiger partial charge in [0.2, 0.25) is 0 Å². The molecule has 0 aliphatic carbocycles. The van der Waals surface area contributed by atoms with E-state index in [0.29, 0.717) is 0 Å². The SMILES string of the molecule is O=S(=O)(Nc1ccccc1)c1ccc(F)c(CO)c1F. The number of anilines is 1. The van der Waals surface area contributed by atoms with E-state index in [9.17, 15) is 17.2 Å². The zero-order chi connectivity index (χ0) is 14.8. The first-order valence-electron chi connectivity index (χ1n) is 5.61. The molecule has 106 valence electrons. The van der Waals surface area contributed by atoms with Crippen molar-refractivity contribution >= 4 is 15.7 Å². The third kappa shape index (κ3) is 2.78. The van der Waals surface area contributed by atoms with E-state index in [1.54, 1.807) is 18.2 Å². The van der Waals surface area contributed by atoms with Crippen LogP contribution < -0.4 is 4.72 Å². The Kier molecular flexibility index (Phi) is 4.01. The number of nitrogens with one attached hydrogen (secondary N) is 1. The summed E-state index contributed by atoms with van der Waals surface area (Å²) in [7, 11) is -4.20. The monoisotopic (exact) mass is 299 g/mol. The first kappa shape index (κ1) is 14.4. The molecule has 0 atom stereocenters. The molecule has 0 amide bonds. The summed E-state index contributed by atoms with van der Waals surface area (Å²) in [6, 6.07) is 9.51. The molecule has 4 nitrogen and oxygen atoms in total. The van der Waals surface area contributed by atoms with Gasteiger partial charge in [-0.3, -0.25) is 4.72 Å². The number of hydrogen-bond acceptors (Lipinski definition) is 3. The van der Waals surface area contributed by atoms with Gasteiger partial charge in [0.15, 0.2) is 5.82 Å². The third-order valence-corrected chi connectivity index (χ3v) is 4.02. The summed E-state index contributed by atoms with van der Waals surface area (Å²) >= 11 is 0. The lowest BCUT2D eigenvalue weighted by atomic mass is 10.2. The van der Waals surface area contributed by atoms with Crippen molar-refractivity contribution < 1.29 is 22.3 Å². The minimum atomic E-state index is -4.20. The van der Waals surface area contributed by atoms with Gasteiger partial charge in [0.25, 0.3) is 10.0 Å². The van der Waals surface area contributed by atoms with Crippen LogP contribution >= 0.6 is 0 Å². The number of hydrogen-bond donors (Lipinski definition) is 2. The first-order chi connectivity index (χ1) is 9.45. The van der Waals surface area contributed by atoms with Gasteiger partial charge in [-0.1, -0.05) is 18.2 Å². The fraction of sp³-hybridized carbons (Fsp3) is 0.0769. The normalized spacial score (nSPS) is 11.3. The minimum Gasteiger partial charge on any atom is -0.391 e. The van der Waals surface area contributed by atoms with Crippen molar-refractivity contribution in [2.45, 2.75) is 11.5 Å². The topological polar surface area (TPSA) is 66.4 Å². The van der Waals surface area contributed by atoms with Crippen LogP contribution in [0.4, 0.5) is 14.5 Å². The van der Waals surface area contributed by atoms with Crippen LogP contribution in [-0.4, -0.2) is 13.5 Å². The molecule has 0 saturated carbocycles. The van der Waals surface area contributed by atoms with Crippen LogP contribution in [-0.2, 0) is 16.6 Å². The molecule has 0 saturated heterocycles. The van der Waals surface area contributed by atoms with Crippen LogP contribution in [0, 0.1) is 11.6 Å². The molecule has 0 fully saturated rings. The van der Waals surface area contributed by atoms with Crippen molar-refractivity contribution in [1.82, 2.24) is 0 Å². The highest BCUT2D eigenvalue weighted by molar-refractivity contribution is 7.92. The molecule has 7 heteroatoms. The molecule has 2 aromatic carbocycles. The second-order valence-corrected chi connectivity index (χ2v) is 5.62. The number of sulfonamides is 1. The predicted octanol–water partition coefficient (Wildman–Crippen LogP) is 2.26. The molecule has 20 heavy (non-hydrogen) atoms. The number of para-hydroxylation sites is 1. The average Bonchev–Trinajstić information content (AvgIpc) is 2.39. The van der Waals surface area contributed by atoms with E-state index in [2.05, 4.69) is 4.72 Å². The zero-order valence-corrected chi connectivity index (χ0v) is 11.0. The van der Waals surface area contributed by atoms with Gasteiger partial charge >= 0.3 is 0 Å². The molecule has 2 aromatic rings. The van der Waals surface area contributed by atoms with E-state index in [4.69, 9.17) is 5.11 Å². The number of aliphatic hydroxyl groups is 1. The van der Waals surface area contributed by atoms with Gasteiger partial charge in [-0.2, -0.15) is 0 Å². The minimum absolute atomic E-state index is 0.252. The van der Waals surface area contributed by atoms with Crippen molar-refractivity contribution in [2.24, 2.45) is 0 Å². The Hall–Kier alpha value is -1.99. The molecule has 0 aromatic heterocycles. The van der Waals surface area contributed by atoms with E-state index in [1.165, 1.54) is 12.1 Å². The Labute approximate surface area is 114 Å². The fourth-order valence-corrected chi connectivity index (χ4v) is 2.81. The predicted molar refractivity (Wildman–Crippen MR) is 69.5 cm³/mol. The van der Waals surface area contributed by atoms with Crippen molar-refractivity contribution in [2.75, 3.05) is 4.72 Å². The average molecular weight is 299 g/mol. The highest BCUT2D eigenvalue weighted by Crippen LogP contribution is 2.23. The van der Waals surface area contributed by atoms with Gasteiger partial charge in [-0.15, -0.1) is 0 Å². The second kappa shape index (κ2) is 5.56. The van der Waals surface area contributed by atoms with E-state index in [0.717, 1.165) is 12.1 Å². The summed E-state index contributed by atoms with van der Waals surface area (Å²) in [5, 5.41) is 8.88. The molecule has 0 unspecified atom stereocenters. The molecule has 0 spiro atoms. The van der Waals surface area contributed by atoms with Gasteiger partial charge in [-0.25, -0.2) is 17.2 Å². The molecule has 0 aliphatic rings. The van der Waals surface area contributed by atoms with Crippen LogP contribution in [0.25, 0.3) is 0 Å². The maximum Gasteiger partial charge on any atom is 0.264 e. The summed E-state index contributed by atoms with van der Waals surface area (Å²) in [6.07, 6.45) is 0. The fourth-order valence-electron chi connectivity index (χ4n) is 1.64. The Morgan fingerprint density at radius 2 is 1.70 bits per heavy atom. The van der Waals surface area contributed by atoms with Crippen LogP contribution in [0.5, 0.6) is 0 Å². The number of rotatable bonds is 4. The summed E-state index contributed by atoms with van der Waals surface area (Å²) in [4.78, 5) is -0.716. The lowest BCUT2D eigenvalue weighted by Crippen LogP contribution is -2.16. The zero-order valence-electron chi connectivity index (χ0n) is 10.2. The number of halogens is 2. The van der Waals surface area contributed by atoms with Gasteiger partial charge in [0.1, 0.15) is 10.7 Å². The van der Waals surface area contributed by atoms with Crippen LogP contribution in [0.1, 0.15) is 5.56 Å². The Morgan fingerprint density at radius 3 is 2.30 bits per heavy atom. The standard InChI is InChI=1S/C13H11F2NO3S/c14-11-6-7-12(13(15)10(11)8-17)20(18,19)16-9-4-2-1-3-5-9/h1-7,16-17H,8H2. The van der Waals surface area contributed by atoms with Gasteiger partial charge < -0.3 is 5.11 Å². The molecule has 2 rings (SSSR count). The van der Waals surface area contributed by atoms with Crippen molar-refractivity contribution in [3.05, 3.63) is 59.7 Å². The van der Waals surface area contributed by atoms with Crippen molar-refractivity contribution in [3.8, 4) is 0 Å². The summed E-state index contributed by atoms with van der Waals surface area (Å²) in [5.74, 6) is -2.29. The smallest absolute Gasteiger partial charge is 0.264 e. The van der Waals surface area contributed by atoms with Gasteiger partial charge in [0, 0.05) is 5.69 Å². The lowest BCUT2D eigenvalue weighted by molar-refractivity contribution is 0.267. The first-order valence-corrected chi connectivity index (χ1v) is 7.09. The second-order valence-electron chi connectivity index (χ2n) is 3.97. The van der Waals surface area contributed by atoms with E-state index >= 15 is 0 Å². The molecular weight excluding hydrogens is 288 g/mol. The molecule has 0 radical (unpaired) electrons. The Bertz CT molecular complexity index is 718. The van der Waals surface area contributed by atoms with Gasteiger partial charge in [-0.05, 0) is 24.3 Å². The number of benzene rings is 2. The van der Waals surface area contributed by atoms with Crippen molar-refractivity contribution in [1.29, 1.82) is 0 Å². The van der Waals surface area contributed by atoms with Gasteiger partial charge in [0.05, 0.1) is 12.2 Å². The molecular formula is C13H11F2NO3S. The van der Waals surface area contributed by atoms with E-state index < -0.39 is 38.7 Å². The summed E-state index contributed by atoms with van der Waals surface area (Å²) < 4.78 is 53.4. The number of aliphatic hydroxyl groups excluding tert-OH is 1. The van der Waals surface area contributed by atoms with Crippen LogP contribution in [0.2, 0.25) is 0 Å². The Balaban J connectivity index is 2.45. The molecule has 0 bridgehead atoms. The third-order valence-electron chi connectivity index (χ3n) is 2.62. The van der Waals surface area contributed by atoms with Crippen molar-refractivity contribution in [3.63, 3.8) is 0 Å². The maximum atomic E-state index is 13.9. The molecule has 0 aliphatic heterocycles. The van der Waals surface area contributed by atoms with E-state index in [1.807, 2.05) is 0 Å². The highest BCUT2D eigenvalue weighted by atomic mass is 32.2. The highest BCUT2D eigenvalue weighted by Gasteiger charge is 2.23. The molecule has 2 N–H and O–H groups in total. The van der Waals surface area contributed by atoms with Crippen LogP contribution in [0.3, 0.4) is 0 Å². The molecule has 0 heterocycles. The summed E-state index contributed by atoms with van der Waals surface area (Å²) in [5.41, 5.74) is -0.428. The summed E-state index contributed by atoms with van der Waals surface area (Å²) in [6.45, 7) is -0.924. The lowest BCUT2D eigenvalue weighted by Gasteiger charge is -2.11.